The maximum absolute atomic E-state index is 4.43. The van der Waals surface area contributed by atoms with Gasteiger partial charge in [0.15, 0.2) is 5.96 Å². The normalized spacial score (nSPS) is 24.7. The Hall–Kier alpha value is -0.780. The molecule has 2 unspecified atom stereocenters. The first-order valence-corrected chi connectivity index (χ1v) is 6.85. The van der Waals surface area contributed by atoms with Crippen molar-refractivity contribution in [1.82, 2.24) is 5.32 Å². The molecule has 1 N–H and O–H groups in total. The van der Waals surface area contributed by atoms with Gasteiger partial charge in [-0.05, 0) is 36.3 Å². The highest BCUT2D eigenvalue weighted by molar-refractivity contribution is 14.0. The second kappa shape index (κ2) is 6.11. The third-order valence-electron chi connectivity index (χ3n) is 4.15. The molecule has 2 aliphatic rings. The molecule has 0 saturated heterocycles. The number of halogens is 1. The standard InChI is InChI=1S/C15H21N3.HI/c1-11-9-13(11)10-17-15(16-2)18-8-7-12-5-3-4-6-14(12)18;/h3-6,11,13H,7-10H2,1-2H3,(H,16,17);1H. The maximum atomic E-state index is 4.43. The van der Waals surface area contributed by atoms with Gasteiger partial charge in [0.25, 0.3) is 0 Å². The molecule has 1 saturated carbocycles. The highest BCUT2D eigenvalue weighted by atomic mass is 127. The molecule has 0 amide bonds. The van der Waals surface area contributed by atoms with E-state index in [1.807, 2.05) is 7.05 Å². The van der Waals surface area contributed by atoms with Crippen LogP contribution in [0.25, 0.3) is 0 Å². The van der Waals surface area contributed by atoms with Crippen molar-refractivity contribution in [1.29, 1.82) is 0 Å². The summed E-state index contributed by atoms with van der Waals surface area (Å²) in [4.78, 5) is 6.73. The van der Waals surface area contributed by atoms with E-state index in [1.165, 1.54) is 17.7 Å². The van der Waals surface area contributed by atoms with Crippen molar-refractivity contribution in [3.05, 3.63) is 29.8 Å². The molecule has 104 valence electrons. The minimum absolute atomic E-state index is 0. The van der Waals surface area contributed by atoms with Gasteiger partial charge in [-0.1, -0.05) is 25.1 Å². The van der Waals surface area contributed by atoms with Crippen molar-refractivity contribution in [3.8, 4) is 0 Å². The van der Waals surface area contributed by atoms with Crippen molar-refractivity contribution in [2.24, 2.45) is 16.8 Å². The molecule has 1 aliphatic heterocycles. The van der Waals surface area contributed by atoms with Gasteiger partial charge < -0.3 is 10.2 Å². The first-order chi connectivity index (χ1) is 8.79. The van der Waals surface area contributed by atoms with Gasteiger partial charge in [0.1, 0.15) is 0 Å². The van der Waals surface area contributed by atoms with E-state index in [9.17, 15) is 0 Å². The molecule has 3 rings (SSSR count). The predicted molar refractivity (Wildman–Crippen MR) is 91.5 cm³/mol. The van der Waals surface area contributed by atoms with Gasteiger partial charge in [0, 0.05) is 25.8 Å². The van der Waals surface area contributed by atoms with E-state index in [0.717, 1.165) is 37.3 Å². The topological polar surface area (TPSA) is 27.6 Å². The van der Waals surface area contributed by atoms with Crippen molar-refractivity contribution < 1.29 is 0 Å². The first-order valence-electron chi connectivity index (χ1n) is 6.85. The average Bonchev–Trinajstić information content (AvgIpc) is 2.94. The molecule has 0 radical (unpaired) electrons. The number of hydrogen-bond acceptors (Lipinski definition) is 1. The third kappa shape index (κ3) is 3.04. The van der Waals surface area contributed by atoms with E-state index < -0.39 is 0 Å². The molecule has 1 heterocycles. The smallest absolute Gasteiger partial charge is 0.198 e. The fraction of sp³-hybridized carbons (Fsp3) is 0.533. The van der Waals surface area contributed by atoms with E-state index in [4.69, 9.17) is 0 Å². The third-order valence-corrected chi connectivity index (χ3v) is 4.15. The van der Waals surface area contributed by atoms with Gasteiger partial charge in [0.05, 0.1) is 0 Å². The summed E-state index contributed by atoms with van der Waals surface area (Å²) in [6.07, 6.45) is 2.48. The minimum Gasteiger partial charge on any atom is -0.356 e. The van der Waals surface area contributed by atoms with Gasteiger partial charge in [-0.2, -0.15) is 0 Å². The lowest BCUT2D eigenvalue weighted by molar-refractivity contribution is 0.704. The number of anilines is 1. The van der Waals surface area contributed by atoms with E-state index in [1.54, 1.807) is 0 Å². The lowest BCUT2D eigenvalue weighted by atomic mass is 10.2. The Morgan fingerprint density at radius 3 is 2.84 bits per heavy atom. The molecule has 0 bridgehead atoms. The molecule has 19 heavy (non-hydrogen) atoms. The molecule has 1 aromatic rings. The van der Waals surface area contributed by atoms with Crippen LogP contribution in [-0.2, 0) is 6.42 Å². The maximum Gasteiger partial charge on any atom is 0.198 e. The van der Waals surface area contributed by atoms with Crippen LogP contribution in [0, 0.1) is 11.8 Å². The van der Waals surface area contributed by atoms with Gasteiger partial charge >= 0.3 is 0 Å². The predicted octanol–water partition coefficient (Wildman–Crippen LogP) is 2.90. The van der Waals surface area contributed by atoms with Crippen LogP contribution in [0.2, 0.25) is 0 Å². The zero-order valence-electron chi connectivity index (χ0n) is 11.6. The molecular formula is C15H22IN3. The Morgan fingerprint density at radius 2 is 2.16 bits per heavy atom. The number of aliphatic imine (C=N–C) groups is 1. The zero-order valence-corrected chi connectivity index (χ0v) is 13.9. The Labute approximate surface area is 132 Å². The van der Waals surface area contributed by atoms with Gasteiger partial charge in [-0.25, -0.2) is 0 Å². The lowest BCUT2D eigenvalue weighted by Gasteiger charge is -2.22. The molecule has 2 atom stereocenters. The first kappa shape index (κ1) is 14.6. The van der Waals surface area contributed by atoms with Crippen LogP contribution >= 0.6 is 24.0 Å². The SMILES string of the molecule is CN=C(NCC1CC1C)N1CCc2ccccc21.I. The van der Waals surface area contributed by atoms with Crippen LogP contribution in [0.15, 0.2) is 29.3 Å². The van der Waals surface area contributed by atoms with Gasteiger partial charge in [-0.3, -0.25) is 4.99 Å². The van der Waals surface area contributed by atoms with Crippen LogP contribution in [0.4, 0.5) is 5.69 Å². The van der Waals surface area contributed by atoms with Gasteiger partial charge in [0.2, 0.25) is 0 Å². The fourth-order valence-electron chi connectivity index (χ4n) is 2.76. The van der Waals surface area contributed by atoms with Crippen LogP contribution in [0.1, 0.15) is 18.9 Å². The van der Waals surface area contributed by atoms with E-state index >= 15 is 0 Å². The van der Waals surface area contributed by atoms with Crippen LogP contribution < -0.4 is 10.2 Å². The number of hydrogen-bond donors (Lipinski definition) is 1. The largest absolute Gasteiger partial charge is 0.356 e. The quantitative estimate of drug-likeness (QED) is 0.492. The number of para-hydroxylation sites is 1. The van der Waals surface area contributed by atoms with E-state index in [2.05, 4.69) is 46.4 Å². The summed E-state index contributed by atoms with van der Waals surface area (Å²) >= 11 is 0. The lowest BCUT2D eigenvalue weighted by Crippen LogP contribution is -2.41. The number of fused-ring (bicyclic) bond motifs is 1. The Balaban J connectivity index is 0.00000133. The minimum atomic E-state index is 0. The van der Waals surface area contributed by atoms with Crippen LogP contribution in [0.3, 0.4) is 0 Å². The molecule has 1 aromatic carbocycles. The summed E-state index contributed by atoms with van der Waals surface area (Å²) in [5.74, 6) is 2.76. The van der Waals surface area contributed by atoms with Crippen molar-refractivity contribution in [3.63, 3.8) is 0 Å². The van der Waals surface area contributed by atoms with Crippen molar-refractivity contribution in [2.45, 2.75) is 19.8 Å². The number of guanidine groups is 1. The molecule has 4 heteroatoms. The molecular weight excluding hydrogens is 349 g/mol. The Bertz CT molecular complexity index is 472. The van der Waals surface area contributed by atoms with Crippen LogP contribution in [0.5, 0.6) is 0 Å². The number of benzene rings is 1. The molecule has 0 aromatic heterocycles. The summed E-state index contributed by atoms with van der Waals surface area (Å²) in [6.45, 7) is 4.42. The average molecular weight is 371 g/mol. The number of rotatable bonds is 2. The summed E-state index contributed by atoms with van der Waals surface area (Å²) in [5.41, 5.74) is 2.75. The summed E-state index contributed by atoms with van der Waals surface area (Å²) < 4.78 is 0. The Kier molecular flexibility index (Phi) is 4.71. The number of nitrogens with one attached hydrogen (secondary N) is 1. The molecule has 3 nitrogen and oxygen atoms in total. The number of nitrogens with zero attached hydrogens (tertiary/aromatic N) is 2. The highest BCUT2D eigenvalue weighted by Crippen LogP contribution is 2.37. The van der Waals surface area contributed by atoms with E-state index in [-0.39, 0.29) is 24.0 Å². The summed E-state index contributed by atoms with van der Waals surface area (Å²) in [7, 11) is 1.87. The highest BCUT2D eigenvalue weighted by Gasteiger charge is 2.33. The van der Waals surface area contributed by atoms with Gasteiger partial charge in [-0.15, -0.1) is 24.0 Å². The zero-order chi connectivity index (χ0) is 12.5. The summed E-state index contributed by atoms with van der Waals surface area (Å²) in [5, 5.41) is 3.52. The monoisotopic (exact) mass is 371 g/mol. The fourth-order valence-corrected chi connectivity index (χ4v) is 2.76. The summed E-state index contributed by atoms with van der Waals surface area (Å²) in [6, 6.07) is 8.62. The molecule has 0 spiro atoms. The van der Waals surface area contributed by atoms with Crippen molar-refractivity contribution >= 4 is 35.6 Å². The second-order valence-corrected chi connectivity index (χ2v) is 5.43. The molecule has 1 aliphatic carbocycles. The Morgan fingerprint density at radius 1 is 1.42 bits per heavy atom. The van der Waals surface area contributed by atoms with Crippen molar-refractivity contribution in [2.75, 3.05) is 25.0 Å². The van der Waals surface area contributed by atoms with E-state index in [0.29, 0.717) is 0 Å². The second-order valence-electron chi connectivity index (χ2n) is 5.43. The van der Waals surface area contributed by atoms with Crippen LogP contribution in [-0.4, -0.2) is 26.1 Å². The molecule has 1 fully saturated rings.